The third-order valence-corrected chi connectivity index (χ3v) is 7.07. The summed E-state index contributed by atoms with van der Waals surface area (Å²) >= 11 is 5.71. The molecule has 0 radical (unpaired) electrons. The Morgan fingerprint density at radius 3 is 2.61 bits per heavy atom. The van der Waals surface area contributed by atoms with Gasteiger partial charge in [-0.2, -0.15) is 9.40 Å². The Hall–Kier alpha value is -1.97. The van der Waals surface area contributed by atoms with Gasteiger partial charge in [-0.1, -0.05) is 11.6 Å². The number of amides is 1. The number of sulfonamides is 1. The molecule has 1 aliphatic heterocycles. The van der Waals surface area contributed by atoms with Gasteiger partial charge in [0.05, 0.1) is 16.1 Å². The van der Waals surface area contributed by atoms with Crippen LogP contribution in [0.15, 0.2) is 35.5 Å². The summed E-state index contributed by atoms with van der Waals surface area (Å²) < 4.78 is 41.8. The molecule has 3 rings (SSSR count). The molecular formula is C18H22ClFN4O3S. The molecule has 0 unspecified atom stereocenters. The summed E-state index contributed by atoms with van der Waals surface area (Å²) in [5.74, 6) is -0.905. The number of rotatable bonds is 5. The number of carbonyl (C=O) groups excluding carboxylic acids is 1. The van der Waals surface area contributed by atoms with E-state index in [1.165, 1.54) is 10.4 Å². The van der Waals surface area contributed by atoms with Crippen LogP contribution in [0.5, 0.6) is 0 Å². The molecule has 1 fully saturated rings. The van der Waals surface area contributed by atoms with Gasteiger partial charge in [0.25, 0.3) is 0 Å². The summed E-state index contributed by atoms with van der Waals surface area (Å²) in [6.07, 6.45) is 4.44. The molecule has 1 amide bonds. The molecule has 1 saturated heterocycles. The van der Waals surface area contributed by atoms with Crippen molar-refractivity contribution in [3.63, 3.8) is 0 Å². The van der Waals surface area contributed by atoms with E-state index in [4.69, 9.17) is 11.6 Å². The Balaban J connectivity index is 1.61. The van der Waals surface area contributed by atoms with Crippen LogP contribution in [0.4, 0.5) is 4.39 Å². The fourth-order valence-corrected chi connectivity index (χ4v) is 5.09. The molecule has 0 saturated carbocycles. The maximum Gasteiger partial charge on any atom is 0.243 e. The zero-order chi connectivity index (χ0) is 20.5. The highest BCUT2D eigenvalue weighted by molar-refractivity contribution is 7.89. The minimum atomic E-state index is -3.77. The van der Waals surface area contributed by atoms with Crippen molar-refractivity contribution in [3.05, 3.63) is 47.0 Å². The quantitative estimate of drug-likeness (QED) is 0.732. The van der Waals surface area contributed by atoms with E-state index in [-0.39, 0.29) is 34.8 Å². The number of hydrogen-bond acceptors (Lipinski definition) is 4. The van der Waals surface area contributed by atoms with Crippen molar-refractivity contribution >= 4 is 27.5 Å². The Bertz CT molecular complexity index is 971. The lowest BCUT2D eigenvalue weighted by Crippen LogP contribution is -2.43. The number of hydrogen-bond donors (Lipinski definition) is 0. The third kappa shape index (κ3) is 4.37. The number of aryl methyl sites for hydroxylation is 1. The summed E-state index contributed by atoms with van der Waals surface area (Å²) in [5.41, 5.74) is 0.937. The standard InChI is InChI=1S/C18H22ClFN4O3S/c1-22(11-13-10-21-23(2)12-13)18(25)14-5-7-24(8-6-14)28(26,27)15-3-4-17(20)16(19)9-15/h3-4,9-10,12,14H,5-8,11H2,1-2H3. The molecule has 28 heavy (non-hydrogen) atoms. The first-order valence-electron chi connectivity index (χ1n) is 8.86. The molecule has 0 aliphatic carbocycles. The molecule has 10 heteroatoms. The fourth-order valence-electron chi connectivity index (χ4n) is 3.35. The summed E-state index contributed by atoms with van der Waals surface area (Å²) in [6.45, 7) is 0.919. The minimum absolute atomic E-state index is 0.00859. The molecule has 0 N–H and O–H groups in total. The summed E-state index contributed by atoms with van der Waals surface area (Å²) in [5, 5.41) is 3.86. The normalized spacial score (nSPS) is 16.3. The Kier molecular flexibility index (Phi) is 6.07. The number of carbonyl (C=O) groups is 1. The van der Waals surface area contributed by atoms with Gasteiger partial charge < -0.3 is 4.90 Å². The van der Waals surface area contributed by atoms with E-state index in [1.54, 1.807) is 22.8 Å². The molecule has 0 bridgehead atoms. The van der Waals surface area contributed by atoms with Crippen LogP contribution in [0.2, 0.25) is 5.02 Å². The molecule has 0 atom stereocenters. The Morgan fingerprint density at radius 2 is 2.04 bits per heavy atom. The smallest absolute Gasteiger partial charge is 0.243 e. The average molecular weight is 429 g/mol. The Labute approximate surface area is 168 Å². The molecule has 2 aromatic rings. The summed E-state index contributed by atoms with van der Waals surface area (Å²) in [7, 11) is -0.220. The van der Waals surface area contributed by atoms with Crippen molar-refractivity contribution in [3.8, 4) is 0 Å². The predicted octanol–water partition coefficient (Wildman–Crippen LogP) is 2.27. The predicted molar refractivity (Wildman–Crippen MR) is 103 cm³/mol. The van der Waals surface area contributed by atoms with Crippen molar-refractivity contribution in [2.24, 2.45) is 13.0 Å². The van der Waals surface area contributed by atoms with Gasteiger partial charge in [-0.3, -0.25) is 9.48 Å². The van der Waals surface area contributed by atoms with Crippen molar-refractivity contribution in [2.75, 3.05) is 20.1 Å². The van der Waals surface area contributed by atoms with Gasteiger partial charge in [0.2, 0.25) is 15.9 Å². The number of halogens is 2. The molecule has 152 valence electrons. The zero-order valence-electron chi connectivity index (χ0n) is 15.7. The van der Waals surface area contributed by atoms with Crippen molar-refractivity contribution in [1.82, 2.24) is 19.0 Å². The zero-order valence-corrected chi connectivity index (χ0v) is 17.2. The fraction of sp³-hybridized carbons (Fsp3) is 0.444. The lowest BCUT2D eigenvalue weighted by Gasteiger charge is -2.32. The first-order valence-corrected chi connectivity index (χ1v) is 10.7. The second-order valence-corrected chi connectivity index (χ2v) is 9.32. The first-order chi connectivity index (χ1) is 13.2. The highest BCUT2D eigenvalue weighted by atomic mass is 35.5. The van der Waals surface area contributed by atoms with Crippen LogP contribution in [0.1, 0.15) is 18.4 Å². The lowest BCUT2D eigenvalue weighted by atomic mass is 9.96. The number of aromatic nitrogens is 2. The van der Waals surface area contributed by atoms with Crippen LogP contribution in [0, 0.1) is 11.7 Å². The van der Waals surface area contributed by atoms with E-state index >= 15 is 0 Å². The van der Waals surface area contributed by atoms with E-state index in [0.29, 0.717) is 19.4 Å². The number of benzene rings is 1. The van der Waals surface area contributed by atoms with E-state index < -0.39 is 15.8 Å². The largest absolute Gasteiger partial charge is 0.341 e. The van der Waals surface area contributed by atoms with Gasteiger partial charge in [0, 0.05) is 51.4 Å². The van der Waals surface area contributed by atoms with Crippen LogP contribution >= 0.6 is 11.6 Å². The van der Waals surface area contributed by atoms with Gasteiger partial charge in [-0.15, -0.1) is 0 Å². The summed E-state index contributed by atoms with van der Waals surface area (Å²) in [4.78, 5) is 14.3. The maximum atomic E-state index is 13.3. The van der Waals surface area contributed by atoms with E-state index in [9.17, 15) is 17.6 Å². The topological polar surface area (TPSA) is 75.5 Å². The third-order valence-electron chi connectivity index (χ3n) is 4.89. The number of piperidine rings is 1. The summed E-state index contributed by atoms with van der Waals surface area (Å²) in [6, 6.07) is 3.36. The second kappa shape index (κ2) is 8.18. The van der Waals surface area contributed by atoms with Crippen LogP contribution in [0.3, 0.4) is 0 Å². The molecule has 7 nitrogen and oxygen atoms in total. The number of nitrogens with zero attached hydrogens (tertiary/aromatic N) is 4. The van der Waals surface area contributed by atoms with Gasteiger partial charge >= 0.3 is 0 Å². The molecule has 1 aromatic heterocycles. The highest BCUT2D eigenvalue weighted by Gasteiger charge is 2.33. The SMILES string of the molecule is CN(Cc1cnn(C)c1)C(=O)C1CCN(S(=O)(=O)c2ccc(F)c(Cl)c2)CC1. The van der Waals surface area contributed by atoms with Crippen LogP contribution in [0.25, 0.3) is 0 Å². The molecule has 1 aromatic carbocycles. The van der Waals surface area contributed by atoms with Gasteiger partial charge in [-0.25, -0.2) is 12.8 Å². The van der Waals surface area contributed by atoms with Crippen LogP contribution in [-0.4, -0.2) is 53.4 Å². The van der Waals surface area contributed by atoms with Gasteiger partial charge in [0.15, 0.2) is 0 Å². The molecule has 0 spiro atoms. The van der Waals surface area contributed by atoms with Crippen LogP contribution in [-0.2, 0) is 28.4 Å². The Morgan fingerprint density at radius 1 is 1.36 bits per heavy atom. The molecular weight excluding hydrogens is 407 g/mol. The monoisotopic (exact) mass is 428 g/mol. The minimum Gasteiger partial charge on any atom is -0.341 e. The van der Waals surface area contributed by atoms with E-state index in [0.717, 1.165) is 17.7 Å². The van der Waals surface area contributed by atoms with Gasteiger partial charge in [0.1, 0.15) is 5.82 Å². The maximum absolute atomic E-state index is 13.3. The van der Waals surface area contributed by atoms with Crippen molar-refractivity contribution in [1.29, 1.82) is 0 Å². The molecule has 1 aliphatic rings. The second-order valence-electron chi connectivity index (χ2n) is 6.97. The van der Waals surface area contributed by atoms with Crippen molar-refractivity contribution < 1.29 is 17.6 Å². The highest BCUT2D eigenvalue weighted by Crippen LogP contribution is 2.27. The van der Waals surface area contributed by atoms with E-state index in [1.807, 2.05) is 13.2 Å². The van der Waals surface area contributed by atoms with E-state index in [2.05, 4.69) is 5.10 Å². The molecule has 2 heterocycles. The first kappa shape index (κ1) is 20.8. The average Bonchev–Trinajstić information content (AvgIpc) is 3.08. The van der Waals surface area contributed by atoms with Gasteiger partial charge in [-0.05, 0) is 31.0 Å². The van der Waals surface area contributed by atoms with Crippen molar-refractivity contribution in [2.45, 2.75) is 24.3 Å². The lowest BCUT2D eigenvalue weighted by molar-refractivity contribution is -0.135. The van der Waals surface area contributed by atoms with Crippen LogP contribution < -0.4 is 0 Å².